The summed E-state index contributed by atoms with van der Waals surface area (Å²) in [5, 5.41) is 24.4. The lowest BCUT2D eigenvalue weighted by molar-refractivity contribution is 0.0240. The molecule has 3 N–H and O–H groups in total. The van der Waals surface area contributed by atoms with Crippen LogP contribution in [0, 0.1) is 0 Å². The fraction of sp³-hybridized carbons (Fsp3) is 0.588. The quantitative estimate of drug-likeness (QED) is 0.692. The van der Waals surface area contributed by atoms with Gasteiger partial charge in [-0.3, -0.25) is 4.40 Å². The van der Waals surface area contributed by atoms with Crippen LogP contribution >= 0.6 is 0 Å². The zero-order chi connectivity index (χ0) is 17.6. The lowest BCUT2D eigenvalue weighted by Crippen LogP contribution is -2.47. The molecule has 7 nitrogen and oxygen atoms in total. The maximum Gasteiger partial charge on any atom is 0.315 e. The lowest BCUT2D eigenvalue weighted by atomic mass is 9.93. The smallest absolute Gasteiger partial charge is 0.315 e. The van der Waals surface area contributed by atoms with E-state index in [-0.39, 0.29) is 18.6 Å². The van der Waals surface area contributed by atoms with Crippen LogP contribution in [-0.4, -0.2) is 37.9 Å². The van der Waals surface area contributed by atoms with Gasteiger partial charge in [-0.2, -0.15) is 0 Å². The number of nitrogens with zero attached hydrogens (tertiary/aromatic N) is 3. The number of amides is 2. The van der Waals surface area contributed by atoms with E-state index in [1.54, 1.807) is 0 Å². The predicted molar refractivity (Wildman–Crippen MR) is 92.7 cm³/mol. The van der Waals surface area contributed by atoms with E-state index < -0.39 is 5.60 Å². The van der Waals surface area contributed by atoms with Gasteiger partial charge in [0.25, 0.3) is 0 Å². The van der Waals surface area contributed by atoms with E-state index in [1.165, 1.54) is 0 Å². The minimum absolute atomic E-state index is 0.244. The third-order valence-electron chi connectivity index (χ3n) is 4.08. The van der Waals surface area contributed by atoms with E-state index in [1.807, 2.05) is 49.6 Å². The molecule has 24 heavy (non-hydrogen) atoms. The Morgan fingerprint density at radius 3 is 2.67 bits per heavy atom. The maximum absolute atomic E-state index is 12.1. The summed E-state index contributed by atoms with van der Waals surface area (Å²) < 4.78 is 1.84. The molecule has 2 amide bonds. The third-order valence-corrected chi connectivity index (χ3v) is 4.08. The Kier molecular flexibility index (Phi) is 6.14. The van der Waals surface area contributed by atoms with Gasteiger partial charge >= 0.3 is 6.03 Å². The molecule has 0 fully saturated rings. The molecular formula is C17H27N5O2. The summed E-state index contributed by atoms with van der Waals surface area (Å²) >= 11 is 0. The highest BCUT2D eigenvalue weighted by Gasteiger charge is 2.26. The second-order valence-electron chi connectivity index (χ2n) is 6.26. The van der Waals surface area contributed by atoms with Gasteiger partial charge in [-0.1, -0.05) is 32.8 Å². The summed E-state index contributed by atoms with van der Waals surface area (Å²) in [6.07, 6.45) is 4.96. The molecule has 2 aromatic rings. The van der Waals surface area contributed by atoms with Crippen molar-refractivity contribution in [1.29, 1.82) is 0 Å². The van der Waals surface area contributed by atoms with Crippen molar-refractivity contribution in [2.75, 3.05) is 6.54 Å². The normalized spacial score (nSPS) is 13.0. The number of fused-ring (bicyclic) bond motifs is 1. The first-order valence-electron chi connectivity index (χ1n) is 8.55. The highest BCUT2D eigenvalue weighted by molar-refractivity contribution is 5.74. The molecule has 0 bridgehead atoms. The van der Waals surface area contributed by atoms with Gasteiger partial charge in [-0.15, -0.1) is 10.2 Å². The molecule has 0 saturated heterocycles. The molecule has 0 aliphatic heterocycles. The van der Waals surface area contributed by atoms with Gasteiger partial charge in [0.1, 0.15) is 0 Å². The van der Waals surface area contributed by atoms with Gasteiger partial charge in [0.15, 0.2) is 11.5 Å². The third kappa shape index (κ3) is 4.44. The van der Waals surface area contributed by atoms with Crippen molar-refractivity contribution < 1.29 is 9.90 Å². The first-order valence-corrected chi connectivity index (χ1v) is 8.55. The number of aliphatic hydroxyl groups is 1. The van der Waals surface area contributed by atoms with Crippen molar-refractivity contribution >= 4 is 11.7 Å². The van der Waals surface area contributed by atoms with Gasteiger partial charge < -0.3 is 15.7 Å². The second-order valence-corrected chi connectivity index (χ2v) is 6.26. The number of carbonyl (C=O) groups is 1. The van der Waals surface area contributed by atoms with Crippen LogP contribution in [0.5, 0.6) is 0 Å². The van der Waals surface area contributed by atoms with Crippen LogP contribution in [0.2, 0.25) is 0 Å². The van der Waals surface area contributed by atoms with E-state index in [2.05, 4.69) is 20.8 Å². The van der Waals surface area contributed by atoms with Crippen molar-refractivity contribution in [3.63, 3.8) is 0 Å². The highest BCUT2D eigenvalue weighted by Crippen LogP contribution is 2.18. The Morgan fingerprint density at radius 2 is 2.00 bits per heavy atom. The monoisotopic (exact) mass is 333 g/mol. The number of aromatic nitrogens is 3. The number of hydrogen-bond acceptors (Lipinski definition) is 4. The molecule has 0 aromatic carbocycles. The Balaban J connectivity index is 1.94. The van der Waals surface area contributed by atoms with Crippen LogP contribution in [0.25, 0.3) is 5.65 Å². The first-order chi connectivity index (χ1) is 11.5. The van der Waals surface area contributed by atoms with Crippen molar-refractivity contribution in [3.8, 4) is 0 Å². The summed E-state index contributed by atoms with van der Waals surface area (Å²) in [5.41, 5.74) is -0.104. The van der Waals surface area contributed by atoms with Gasteiger partial charge in [0, 0.05) is 12.7 Å². The van der Waals surface area contributed by atoms with Gasteiger partial charge in [0.2, 0.25) is 0 Å². The van der Waals surface area contributed by atoms with E-state index in [4.69, 9.17) is 0 Å². The molecule has 132 valence electrons. The van der Waals surface area contributed by atoms with Crippen LogP contribution < -0.4 is 10.6 Å². The van der Waals surface area contributed by atoms with Crippen LogP contribution in [-0.2, 0) is 0 Å². The van der Waals surface area contributed by atoms with Gasteiger partial charge in [-0.05, 0) is 31.9 Å². The SMILES string of the molecule is CCCC(O)(CCC)CNC(=O)NC(C)c1nnc2ccccn12. The van der Waals surface area contributed by atoms with Crippen molar-refractivity contribution in [2.45, 2.75) is 58.1 Å². The minimum Gasteiger partial charge on any atom is -0.388 e. The maximum atomic E-state index is 12.1. The van der Waals surface area contributed by atoms with E-state index in [0.29, 0.717) is 18.7 Å². The zero-order valence-corrected chi connectivity index (χ0v) is 14.6. The molecule has 2 aromatic heterocycles. The summed E-state index contributed by atoms with van der Waals surface area (Å²) in [6, 6.07) is 5.02. The van der Waals surface area contributed by atoms with E-state index in [0.717, 1.165) is 18.5 Å². The highest BCUT2D eigenvalue weighted by atomic mass is 16.3. The van der Waals surface area contributed by atoms with Gasteiger partial charge in [-0.25, -0.2) is 4.79 Å². The Morgan fingerprint density at radius 1 is 1.29 bits per heavy atom. The standard InChI is InChI=1S/C17H27N5O2/c1-4-9-17(24,10-5-2)12-18-16(23)19-13(3)15-21-20-14-8-6-7-11-22(14)15/h6-8,11,13,24H,4-5,9-10,12H2,1-3H3,(H2,18,19,23). The number of rotatable bonds is 8. The van der Waals surface area contributed by atoms with Crippen LogP contribution in [0.1, 0.15) is 58.3 Å². The minimum atomic E-state index is -0.842. The largest absolute Gasteiger partial charge is 0.388 e. The first kappa shape index (κ1) is 18.2. The Hall–Kier alpha value is -2.15. The number of urea groups is 1. The van der Waals surface area contributed by atoms with Crippen molar-refractivity contribution in [3.05, 3.63) is 30.2 Å². The van der Waals surface area contributed by atoms with Crippen LogP contribution in [0.15, 0.2) is 24.4 Å². The fourth-order valence-electron chi connectivity index (χ4n) is 2.94. The fourth-order valence-corrected chi connectivity index (χ4v) is 2.94. The topological polar surface area (TPSA) is 91.5 Å². The molecule has 0 saturated carbocycles. The van der Waals surface area contributed by atoms with E-state index >= 15 is 0 Å². The molecule has 2 heterocycles. The zero-order valence-electron chi connectivity index (χ0n) is 14.6. The predicted octanol–water partition coefficient (Wildman–Crippen LogP) is 2.42. The molecular weight excluding hydrogens is 306 g/mol. The number of nitrogens with one attached hydrogen (secondary N) is 2. The molecule has 0 aliphatic rings. The van der Waals surface area contributed by atoms with Crippen molar-refractivity contribution in [2.24, 2.45) is 0 Å². The average Bonchev–Trinajstić information content (AvgIpc) is 2.98. The number of carbonyl (C=O) groups excluding carboxylic acids is 1. The van der Waals surface area contributed by atoms with Gasteiger partial charge in [0.05, 0.1) is 11.6 Å². The Bertz CT molecular complexity index is 664. The molecule has 7 heteroatoms. The number of hydrogen-bond donors (Lipinski definition) is 3. The summed E-state index contributed by atoms with van der Waals surface area (Å²) in [6.45, 7) is 6.15. The molecule has 0 aliphatic carbocycles. The summed E-state index contributed by atoms with van der Waals surface area (Å²) in [5.74, 6) is 0.665. The average molecular weight is 333 g/mol. The molecule has 0 radical (unpaired) electrons. The van der Waals surface area contributed by atoms with Crippen LogP contribution in [0.4, 0.5) is 4.79 Å². The molecule has 1 unspecified atom stereocenters. The molecule has 1 atom stereocenters. The molecule has 2 rings (SSSR count). The van der Waals surface area contributed by atoms with Crippen LogP contribution in [0.3, 0.4) is 0 Å². The lowest BCUT2D eigenvalue weighted by Gasteiger charge is -2.28. The summed E-state index contributed by atoms with van der Waals surface area (Å²) in [7, 11) is 0. The molecule has 0 spiro atoms. The second kappa shape index (κ2) is 8.10. The Labute approximate surface area is 142 Å². The summed E-state index contributed by atoms with van der Waals surface area (Å²) in [4.78, 5) is 12.1. The van der Waals surface area contributed by atoms with E-state index in [9.17, 15) is 9.90 Å². The van der Waals surface area contributed by atoms with Crippen molar-refractivity contribution in [1.82, 2.24) is 25.2 Å². The number of pyridine rings is 1.